The Kier molecular flexibility index (Phi) is 4.92. The topological polar surface area (TPSA) is 64.6 Å². The van der Waals surface area contributed by atoms with Crippen LogP contribution in [0.25, 0.3) is 0 Å². The van der Waals surface area contributed by atoms with E-state index in [-0.39, 0.29) is 16.3 Å². The van der Waals surface area contributed by atoms with E-state index in [1.165, 1.54) is 44.6 Å². The van der Waals surface area contributed by atoms with Gasteiger partial charge in [-0.2, -0.15) is 0 Å². The molecule has 8 heteroatoms. The van der Waals surface area contributed by atoms with Crippen molar-refractivity contribution in [3.63, 3.8) is 0 Å². The first kappa shape index (κ1) is 16.6. The van der Waals surface area contributed by atoms with Gasteiger partial charge < -0.3 is 9.47 Å². The number of anilines is 1. The van der Waals surface area contributed by atoms with Gasteiger partial charge in [0, 0.05) is 10.5 Å². The molecule has 0 aromatic heterocycles. The van der Waals surface area contributed by atoms with E-state index in [2.05, 4.69) is 20.7 Å². The number of methoxy groups -OCH3 is 2. The highest BCUT2D eigenvalue weighted by atomic mass is 79.9. The van der Waals surface area contributed by atoms with Gasteiger partial charge in [0.1, 0.15) is 22.2 Å². The average Bonchev–Trinajstić information content (AvgIpc) is 2.49. The fourth-order valence-corrected chi connectivity index (χ4v) is 3.35. The summed E-state index contributed by atoms with van der Waals surface area (Å²) in [5, 5.41) is 0. The molecular formula is C14H13BrFNO4S. The number of benzene rings is 2. The van der Waals surface area contributed by atoms with Crippen LogP contribution >= 0.6 is 15.9 Å². The fraction of sp³-hybridized carbons (Fsp3) is 0.143. The number of rotatable bonds is 5. The summed E-state index contributed by atoms with van der Waals surface area (Å²) in [6.45, 7) is 0. The molecule has 2 aromatic carbocycles. The molecule has 0 aliphatic heterocycles. The highest BCUT2D eigenvalue weighted by Gasteiger charge is 2.22. The lowest BCUT2D eigenvalue weighted by Crippen LogP contribution is -2.15. The molecule has 22 heavy (non-hydrogen) atoms. The SMILES string of the molecule is COc1ccc(OC)c(S(=O)(=O)Nc2ccc(Br)cc2F)c1. The Morgan fingerprint density at radius 1 is 1.09 bits per heavy atom. The van der Waals surface area contributed by atoms with E-state index < -0.39 is 15.8 Å². The molecule has 0 radical (unpaired) electrons. The van der Waals surface area contributed by atoms with E-state index >= 15 is 0 Å². The molecule has 0 saturated heterocycles. The van der Waals surface area contributed by atoms with Crippen LogP contribution in [0, 0.1) is 5.82 Å². The van der Waals surface area contributed by atoms with Gasteiger partial charge >= 0.3 is 0 Å². The van der Waals surface area contributed by atoms with E-state index in [0.717, 1.165) is 0 Å². The van der Waals surface area contributed by atoms with Crippen LogP contribution in [0.3, 0.4) is 0 Å². The molecule has 0 bridgehead atoms. The van der Waals surface area contributed by atoms with E-state index in [1.807, 2.05) is 0 Å². The monoisotopic (exact) mass is 389 g/mol. The largest absolute Gasteiger partial charge is 0.497 e. The van der Waals surface area contributed by atoms with Gasteiger partial charge in [-0.05, 0) is 30.3 Å². The second-order valence-corrected chi connectivity index (χ2v) is 6.81. The van der Waals surface area contributed by atoms with E-state index in [4.69, 9.17) is 9.47 Å². The third kappa shape index (κ3) is 3.50. The average molecular weight is 390 g/mol. The summed E-state index contributed by atoms with van der Waals surface area (Å²) in [6, 6.07) is 8.36. The zero-order valence-corrected chi connectivity index (χ0v) is 14.2. The van der Waals surface area contributed by atoms with Crippen molar-refractivity contribution in [2.75, 3.05) is 18.9 Å². The molecule has 118 valence electrons. The zero-order chi connectivity index (χ0) is 16.3. The molecule has 2 rings (SSSR count). The van der Waals surface area contributed by atoms with Crippen LogP contribution < -0.4 is 14.2 Å². The third-order valence-corrected chi connectivity index (χ3v) is 4.72. The van der Waals surface area contributed by atoms with Gasteiger partial charge in [-0.3, -0.25) is 4.72 Å². The minimum Gasteiger partial charge on any atom is -0.497 e. The Labute approximate surface area is 136 Å². The van der Waals surface area contributed by atoms with Crippen molar-refractivity contribution in [3.05, 3.63) is 46.7 Å². The van der Waals surface area contributed by atoms with Crippen LogP contribution in [0.1, 0.15) is 0 Å². The first-order chi connectivity index (χ1) is 10.4. The van der Waals surface area contributed by atoms with Crippen LogP contribution in [0.15, 0.2) is 45.8 Å². The lowest BCUT2D eigenvalue weighted by atomic mass is 10.3. The third-order valence-electron chi connectivity index (χ3n) is 2.84. The second kappa shape index (κ2) is 6.53. The predicted molar refractivity (Wildman–Crippen MR) is 84.5 cm³/mol. The van der Waals surface area contributed by atoms with Gasteiger partial charge in [-0.15, -0.1) is 0 Å². The lowest BCUT2D eigenvalue weighted by molar-refractivity contribution is 0.392. The van der Waals surface area contributed by atoms with Crippen molar-refractivity contribution in [2.45, 2.75) is 4.90 Å². The van der Waals surface area contributed by atoms with Gasteiger partial charge in [-0.1, -0.05) is 15.9 Å². The summed E-state index contributed by atoms with van der Waals surface area (Å²) in [6.07, 6.45) is 0. The molecule has 0 amide bonds. The lowest BCUT2D eigenvalue weighted by Gasteiger charge is -2.13. The van der Waals surface area contributed by atoms with Crippen LogP contribution in [0.5, 0.6) is 11.5 Å². The number of sulfonamides is 1. The quantitative estimate of drug-likeness (QED) is 0.850. The Balaban J connectivity index is 2.46. The van der Waals surface area contributed by atoms with E-state index in [9.17, 15) is 12.8 Å². The number of hydrogen-bond donors (Lipinski definition) is 1. The number of hydrogen-bond acceptors (Lipinski definition) is 4. The standard InChI is InChI=1S/C14H13BrFNO4S/c1-20-10-4-6-13(21-2)14(8-10)22(18,19)17-12-5-3-9(15)7-11(12)16/h3-8,17H,1-2H3. The van der Waals surface area contributed by atoms with Crippen molar-refractivity contribution in [1.82, 2.24) is 0 Å². The molecule has 0 heterocycles. The molecule has 0 fully saturated rings. The van der Waals surface area contributed by atoms with Crippen LogP contribution in [0.2, 0.25) is 0 Å². The molecule has 0 aliphatic carbocycles. The van der Waals surface area contributed by atoms with E-state index in [0.29, 0.717) is 10.2 Å². The summed E-state index contributed by atoms with van der Waals surface area (Å²) < 4.78 is 51.5. The predicted octanol–water partition coefficient (Wildman–Crippen LogP) is 3.41. The molecular weight excluding hydrogens is 377 g/mol. The summed E-state index contributed by atoms with van der Waals surface area (Å²) in [4.78, 5) is -0.142. The Morgan fingerprint density at radius 2 is 1.82 bits per heavy atom. The maximum absolute atomic E-state index is 13.8. The first-order valence-electron chi connectivity index (χ1n) is 6.07. The van der Waals surface area contributed by atoms with Crippen molar-refractivity contribution in [2.24, 2.45) is 0 Å². The summed E-state index contributed by atoms with van der Waals surface area (Å²) >= 11 is 3.11. The molecule has 0 aliphatic rings. The molecule has 0 atom stereocenters. The first-order valence-corrected chi connectivity index (χ1v) is 8.35. The zero-order valence-electron chi connectivity index (χ0n) is 11.8. The van der Waals surface area contributed by atoms with Crippen molar-refractivity contribution in [1.29, 1.82) is 0 Å². The minimum absolute atomic E-state index is 0.130. The minimum atomic E-state index is -4.03. The van der Waals surface area contributed by atoms with Gasteiger partial charge in [0.2, 0.25) is 0 Å². The highest BCUT2D eigenvalue weighted by molar-refractivity contribution is 9.10. The Morgan fingerprint density at radius 3 is 2.41 bits per heavy atom. The Hall–Kier alpha value is -1.80. The van der Waals surface area contributed by atoms with Gasteiger partial charge in [0.25, 0.3) is 10.0 Å². The fourth-order valence-electron chi connectivity index (χ4n) is 1.77. The van der Waals surface area contributed by atoms with Crippen LogP contribution in [-0.4, -0.2) is 22.6 Å². The highest BCUT2D eigenvalue weighted by Crippen LogP contribution is 2.30. The van der Waals surface area contributed by atoms with E-state index in [1.54, 1.807) is 6.07 Å². The smallest absolute Gasteiger partial charge is 0.265 e. The summed E-state index contributed by atoms with van der Waals surface area (Å²) in [5.74, 6) is -0.219. The van der Waals surface area contributed by atoms with Gasteiger partial charge in [-0.25, -0.2) is 12.8 Å². The maximum atomic E-state index is 13.8. The molecule has 0 spiro atoms. The normalized spacial score (nSPS) is 11.1. The molecule has 5 nitrogen and oxygen atoms in total. The number of ether oxygens (including phenoxy) is 2. The second-order valence-electron chi connectivity index (χ2n) is 4.25. The van der Waals surface area contributed by atoms with Gasteiger partial charge in [0.15, 0.2) is 0 Å². The van der Waals surface area contributed by atoms with Crippen molar-refractivity contribution < 1.29 is 22.3 Å². The number of nitrogens with one attached hydrogen (secondary N) is 1. The van der Waals surface area contributed by atoms with Crippen molar-refractivity contribution in [3.8, 4) is 11.5 Å². The summed E-state index contributed by atoms with van der Waals surface area (Å²) in [7, 11) is -1.27. The van der Waals surface area contributed by atoms with Crippen molar-refractivity contribution >= 4 is 31.6 Å². The summed E-state index contributed by atoms with van der Waals surface area (Å²) in [5.41, 5.74) is -0.159. The van der Waals surface area contributed by atoms with Crippen LogP contribution in [-0.2, 0) is 10.0 Å². The molecule has 0 saturated carbocycles. The molecule has 0 unspecified atom stereocenters. The molecule has 1 N–H and O–H groups in total. The molecule has 2 aromatic rings. The van der Waals surface area contributed by atoms with Gasteiger partial charge in [0.05, 0.1) is 19.9 Å². The number of halogens is 2. The maximum Gasteiger partial charge on any atom is 0.265 e. The van der Waals surface area contributed by atoms with Crippen LogP contribution in [0.4, 0.5) is 10.1 Å². The Bertz CT molecular complexity index is 795.